The average molecular weight is 305 g/mol. The molecule has 5 nitrogen and oxygen atoms in total. The number of benzene rings is 1. The summed E-state index contributed by atoms with van der Waals surface area (Å²) in [5.74, 6) is 0.860. The Labute approximate surface area is 132 Å². The second-order valence-electron chi connectivity index (χ2n) is 6.35. The molecule has 1 aromatic rings. The van der Waals surface area contributed by atoms with Crippen molar-refractivity contribution in [3.05, 3.63) is 24.3 Å². The molecule has 1 aromatic carbocycles. The maximum Gasteiger partial charge on any atom is 0.234 e. The SMILES string of the molecule is CC(C)[C@H](C)NC(=O)CN1CCN(c2ccccc2O)CC1. The van der Waals surface area contributed by atoms with E-state index >= 15 is 0 Å². The van der Waals surface area contributed by atoms with Crippen molar-refractivity contribution in [2.24, 2.45) is 5.92 Å². The number of phenols is 1. The van der Waals surface area contributed by atoms with Crippen LogP contribution < -0.4 is 10.2 Å². The van der Waals surface area contributed by atoms with Gasteiger partial charge in [-0.1, -0.05) is 26.0 Å². The lowest BCUT2D eigenvalue weighted by Gasteiger charge is -2.36. The third kappa shape index (κ3) is 4.37. The van der Waals surface area contributed by atoms with Crippen LogP contribution in [0, 0.1) is 5.92 Å². The number of aromatic hydroxyl groups is 1. The highest BCUT2D eigenvalue weighted by Gasteiger charge is 2.21. The van der Waals surface area contributed by atoms with E-state index in [0.717, 1.165) is 31.9 Å². The third-order valence-electron chi connectivity index (χ3n) is 4.35. The second kappa shape index (κ2) is 7.49. The molecule has 1 atom stereocenters. The van der Waals surface area contributed by atoms with Crippen LogP contribution >= 0.6 is 0 Å². The van der Waals surface area contributed by atoms with Gasteiger partial charge in [0.1, 0.15) is 5.75 Å². The molecule has 0 unspecified atom stereocenters. The van der Waals surface area contributed by atoms with Gasteiger partial charge >= 0.3 is 0 Å². The lowest BCUT2D eigenvalue weighted by Crippen LogP contribution is -2.50. The molecule has 1 saturated heterocycles. The Bertz CT molecular complexity index is 496. The van der Waals surface area contributed by atoms with Gasteiger partial charge in [0.2, 0.25) is 5.91 Å². The van der Waals surface area contributed by atoms with Crippen LogP contribution in [-0.4, -0.2) is 54.7 Å². The van der Waals surface area contributed by atoms with Gasteiger partial charge in [0.05, 0.1) is 12.2 Å². The van der Waals surface area contributed by atoms with E-state index in [4.69, 9.17) is 0 Å². The van der Waals surface area contributed by atoms with Gasteiger partial charge < -0.3 is 15.3 Å². The normalized spacial score (nSPS) is 17.5. The quantitative estimate of drug-likeness (QED) is 0.869. The Morgan fingerprint density at radius 3 is 2.41 bits per heavy atom. The maximum absolute atomic E-state index is 12.0. The second-order valence-corrected chi connectivity index (χ2v) is 6.35. The number of hydrogen-bond donors (Lipinski definition) is 2. The molecule has 1 heterocycles. The first kappa shape index (κ1) is 16.6. The summed E-state index contributed by atoms with van der Waals surface area (Å²) in [7, 11) is 0. The number of para-hydroxylation sites is 2. The first-order chi connectivity index (χ1) is 10.5. The van der Waals surface area contributed by atoms with Crippen LogP contribution in [0.3, 0.4) is 0 Å². The molecule has 1 aliphatic heterocycles. The Balaban J connectivity index is 1.80. The molecule has 0 aromatic heterocycles. The number of piperazine rings is 1. The van der Waals surface area contributed by atoms with E-state index in [9.17, 15) is 9.90 Å². The van der Waals surface area contributed by atoms with E-state index in [1.54, 1.807) is 6.07 Å². The summed E-state index contributed by atoms with van der Waals surface area (Å²) in [6.45, 7) is 10.0. The average Bonchev–Trinajstić information content (AvgIpc) is 2.48. The molecule has 0 radical (unpaired) electrons. The fourth-order valence-electron chi connectivity index (χ4n) is 2.55. The molecule has 22 heavy (non-hydrogen) atoms. The summed E-state index contributed by atoms with van der Waals surface area (Å²) < 4.78 is 0. The largest absolute Gasteiger partial charge is 0.506 e. The molecule has 0 spiro atoms. The Hall–Kier alpha value is -1.75. The molecule has 1 amide bonds. The van der Waals surface area contributed by atoms with Crippen LogP contribution in [0.25, 0.3) is 0 Å². The Morgan fingerprint density at radius 2 is 1.82 bits per heavy atom. The minimum absolute atomic E-state index is 0.0946. The number of nitrogens with one attached hydrogen (secondary N) is 1. The topological polar surface area (TPSA) is 55.8 Å². The zero-order valence-corrected chi connectivity index (χ0v) is 13.7. The summed E-state index contributed by atoms with van der Waals surface area (Å²) in [5.41, 5.74) is 0.875. The number of rotatable bonds is 5. The lowest BCUT2D eigenvalue weighted by atomic mass is 10.1. The molecule has 5 heteroatoms. The first-order valence-corrected chi connectivity index (χ1v) is 8.02. The first-order valence-electron chi connectivity index (χ1n) is 8.02. The molecule has 0 aliphatic carbocycles. The van der Waals surface area contributed by atoms with E-state index in [0.29, 0.717) is 18.2 Å². The molecule has 0 saturated carbocycles. The van der Waals surface area contributed by atoms with Crippen molar-refractivity contribution >= 4 is 11.6 Å². The van der Waals surface area contributed by atoms with E-state index in [1.807, 2.05) is 25.1 Å². The molecule has 1 fully saturated rings. The highest BCUT2D eigenvalue weighted by molar-refractivity contribution is 5.78. The van der Waals surface area contributed by atoms with Crippen LogP contribution in [0.5, 0.6) is 5.75 Å². The standard InChI is InChI=1S/C17H27N3O2/c1-13(2)14(3)18-17(22)12-19-8-10-20(11-9-19)15-6-4-5-7-16(15)21/h4-7,13-14,21H,8-12H2,1-3H3,(H,18,22)/t14-/m0/s1. The molecule has 122 valence electrons. The molecular formula is C17H27N3O2. The number of hydrogen-bond acceptors (Lipinski definition) is 4. The number of nitrogens with zero attached hydrogens (tertiary/aromatic N) is 2. The molecule has 2 N–H and O–H groups in total. The van der Waals surface area contributed by atoms with Gasteiger partial charge in [-0.25, -0.2) is 0 Å². The van der Waals surface area contributed by atoms with Crippen molar-refractivity contribution in [1.29, 1.82) is 0 Å². The fourth-order valence-corrected chi connectivity index (χ4v) is 2.55. The van der Waals surface area contributed by atoms with Gasteiger partial charge in [0.15, 0.2) is 0 Å². The lowest BCUT2D eigenvalue weighted by molar-refractivity contribution is -0.123. The summed E-state index contributed by atoms with van der Waals surface area (Å²) in [4.78, 5) is 16.4. The monoisotopic (exact) mass is 305 g/mol. The number of carbonyl (C=O) groups is 1. The molecular weight excluding hydrogens is 278 g/mol. The van der Waals surface area contributed by atoms with Gasteiger partial charge in [0.25, 0.3) is 0 Å². The Morgan fingerprint density at radius 1 is 1.18 bits per heavy atom. The summed E-state index contributed by atoms with van der Waals surface area (Å²) in [6, 6.07) is 7.61. The number of anilines is 1. The van der Waals surface area contributed by atoms with Crippen LogP contribution in [-0.2, 0) is 4.79 Å². The van der Waals surface area contributed by atoms with Gasteiger partial charge in [0, 0.05) is 32.2 Å². The summed E-state index contributed by atoms with van der Waals surface area (Å²) in [5, 5.41) is 13.0. The minimum atomic E-state index is 0.0946. The highest BCUT2D eigenvalue weighted by Crippen LogP contribution is 2.27. The maximum atomic E-state index is 12.0. The van der Waals surface area contributed by atoms with E-state index in [1.165, 1.54) is 0 Å². The number of carbonyl (C=O) groups excluding carboxylic acids is 1. The molecule has 2 rings (SSSR count). The fraction of sp³-hybridized carbons (Fsp3) is 0.588. The van der Waals surface area contributed by atoms with Crippen LogP contribution in [0.1, 0.15) is 20.8 Å². The summed E-state index contributed by atoms with van der Waals surface area (Å²) in [6.07, 6.45) is 0. The molecule has 0 bridgehead atoms. The highest BCUT2D eigenvalue weighted by atomic mass is 16.3. The zero-order chi connectivity index (χ0) is 16.1. The predicted octanol–water partition coefficient (Wildman–Crippen LogP) is 1.67. The molecule has 1 aliphatic rings. The van der Waals surface area contributed by atoms with E-state index < -0.39 is 0 Å². The third-order valence-corrected chi connectivity index (χ3v) is 4.35. The van der Waals surface area contributed by atoms with Crippen molar-refractivity contribution in [3.8, 4) is 5.75 Å². The predicted molar refractivity (Wildman–Crippen MR) is 89.2 cm³/mol. The zero-order valence-electron chi connectivity index (χ0n) is 13.7. The van der Waals surface area contributed by atoms with Crippen LogP contribution in [0.4, 0.5) is 5.69 Å². The van der Waals surface area contributed by atoms with Crippen molar-refractivity contribution in [3.63, 3.8) is 0 Å². The summed E-state index contributed by atoms with van der Waals surface area (Å²) >= 11 is 0. The van der Waals surface area contributed by atoms with Gasteiger partial charge in [-0.15, -0.1) is 0 Å². The van der Waals surface area contributed by atoms with Crippen molar-refractivity contribution in [1.82, 2.24) is 10.2 Å². The van der Waals surface area contributed by atoms with E-state index in [2.05, 4.69) is 29.0 Å². The minimum Gasteiger partial charge on any atom is -0.506 e. The van der Waals surface area contributed by atoms with Gasteiger partial charge in [-0.3, -0.25) is 9.69 Å². The number of phenolic OH excluding ortho intramolecular Hbond substituents is 1. The van der Waals surface area contributed by atoms with Gasteiger partial charge in [-0.05, 0) is 25.0 Å². The van der Waals surface area contributed by atoms with E-state index in [-0.39, 0.29) is 11.9 Å². The smallest absolute Gasteiger partial charge is 0.234 e. The Kier molecular flexibility index (Phi) is 5.66. The number of amides is 1. The van der Waals surface area contributed by atoms with Crippen molar-refractivity contribution < 1.29 is 9.90 Å². The van der Waals surface area contributed by atoms with Gasteiger partial charge in [-0.2, -0.15) is 0 Å². The van der Waals surface area contributed by atoms with Crippen molar-refractivity contribution in [2.75, 3.05) is 37.6 Å². The van der Waals surface area contributed by atoms with Crippen LogP contribution in [0.2, 0.25) is 0 Å². The van der Waals surface area contributed by atoms with Crippen molar-refractivity contribution in [2.45, 2.75) is 26.8 Å². The van der Waals surface area contributed by atoms with Crippen LogP contribution in [0.15, 0.2) is 24.3 Å².